The van der Waals surface area contributed by atoms with Gasteiger partial charge in [-0.05, 0) is 35.9 Å². The number of amides is 1. The van der Waals surface area contributed by atoms with Crippen LogP contribution in [0.1, 0.15) is 15.9 Å². The van der Waals surface area contributed by atoms with Gasteiger partial charge in [-0.3, -0.25) is 4.79 Å². The standard InChI is InChI=1S/C15H15ClN2O2/c1-20-12-5-2-10(3-6-12)9-18-15(19)13-8-11(17)4-7-14(13)16/h2-8H,9,17H2,1H3,(H,18,19). The quantitative estimate of drug-likeness (QED) is 0.851. The summed E-state index contributed by atoms with van der Waals surface area (Å²) in [5.41, 5.74) is 7.50. The summed E-state index contributed by atoms with van der Waals surface area (Å²) in [7, 11) is 1.61. The Morgan fingerprint density at radius 3 is 2.60 bits per heavy atom. The van der Waals surface area contributed by atoms with E-state index in [1.165, 1.54) is 0 Å². The van der Waals surface area contributed by atoms with Gasteiger partial charge in [0, 0.05) is 12.2 Å². The number of nitrogen functional groups attached to an aromatic ring is 1. The molecular formula is C15H15ClN2O2. The van der Waals surface area contributed by atoms with E-state index in [1.54, 1.807) is 25.3 Å². The van der Waals surface area contributed by atoms with Crippen LogP contribution in [0.25, 0.3) is 0 Å². The first kappa shape index (κ1) is 14.2. The normalized spacial score (nSPS) is 10.1. The molecule has 0 atom stereocenters. The number of ether oxygens (including phenoxy) is 1. The van der Waals surface area contributed by atoms with Crippen molar-refractivity contribution < 1.29 is 9.53 Å². The lowest BCUT2D eigenvalue weighted by molar-refractivity contribution is 0.0951. The summed E-state index contributed by atoms with van der Waals surface area (Å²) in [6.45, 7) is 0.411. The Morgan fingerprint density at radius 1 is 1.25 bits per heavy atom. The number of methoxy groups -OCH3 is 1. The van der Waals surface area contributed by atoms with E-state index < -0.39 is 0 Å². The number of hydrogen-bond donors (Lipinski definition) is 2. The molecule has 2 aromatic carbocycles. The lowest BCUT2D eigenvalue weighted by atomic mass is 10.1. The van der Waals surface area contributed by atoms with Crippen LogP contribution in [0, 0.1) is 0 Å². The molecule has 104 valence electrons. The summed E-state index contributed by atoms with van der Waals surface area (Å²) >= 11 is 5.98. The number of carbonyl (C=O) groups excluding carboxylic acids is 1. The molecule has 20 heavy (non-hydrogen) atoms. The fraction of sp³-hybridized carbons (Fsp3) is 0.133. The molecule has 0 bridgehead atoms. The van der Waals surface area contributed by atoms with E-state index in [9.17, 15) is 4.79 Å². The molecule has 0 unspecified atom stereocenters. The molecule has 1 amide bonds. The van der Waals surface area contributed by atoms with Gasteiger partial charge >= 0.3 is 0 Å². The average molecular weight is 291 g/mol. The minimum Gasteiger partial charge on any atom is -0.497 e. The van der Waals surface area contributed by atoms with E-state index in [0.29, 0.717) is 22.8 Å². The third kappa shape index (κ3) is 3.42. The van der Waals surface area contributed by atoms with Gasteiger partial charge in [-0.1, -0.05) is 23.7 Å². The molecule has 0 radical (unpaired) electrons. The van der Waals surface area contributed by atoms with Crippen molar-refractivity contribution in [1.82, 2.24) is 5.32 Å². The molecular weight excluding hydrogens is 276 g/mol. The fourth-order valence-corrected chi connectivity index (χ4v) is 1.94. The van der Waals surface area contributed by atoms with Gasteiger partial charge in [-0.2, -0.15) is 0 Å². The van der Waals surface area contributed by atoms with Crippen molar-refractivity contribution in [2.45, 2.75) is 6.54 Å². The van der Waals surface area contributed by atoms with Gasteiger partial charge in [0.2, 0.25) is 0 Å². The third-order valence-electron chi connectivity index (χ3n) is 2.85. The fourth-order valence-electron chi connectivity index (χ4n) is 1.74. The highest BCUT2D eigenvalue weighted by molar-refractivity contribution is 6.34. The van der Waals surface area contributed by atoms with Gasteiger partial charge in [0.1, 0.15) is 5.75 Å². The maximum absolute atomic E-state index is 12.0. The SMILES string of the molecule is COc1ccc(CNC(=O)c2cc(N)ccc2Cl)cc1. The second-order valence-electron chi connectivity index (χ2n) is 4.27. The van der Waals surface area contributed by atoms with E-state index in [0.717, 1.165) is 11.3 Å². The maximum atomic E-state index is 12.0. The van der Waals surface area contributed by atoms with Crippen molar-refractivity contribution in [2.24, 2.45) is 0 Å². The molecule has 3 N–H and O–H groups in total. The first-order valence-electron chi connectivity index (χ1n) is 6.06. The number of hydrogen-bond acceptors (Lipinski definition) is 3. The van der Waals surface area contributed by atoms with Crippen LogP contribution in [0.15, 0.2) is 42.5 Å². The molecule has 0 aromatic heterocycles. The Labute approximate surface area is 122 Å². The van der Waals surface area contributed by atoms with E-state index in [-0.39, 0.29) is 5.91 Å². The summed E-state index contributed by atoms with van der Waals surface area (Å²) in [4.78, 5) is 12.0. The van der Waals surface area contributed by atoms with E-state index >= 15 is 0 Å². The second kappa shape index (κ2) is 6.30. The van der Waals surface area contributed by atoms with Crippen molar-refractivity contribution >= 4 is 23.2 Å². The predicted octanol–water partition coefficient (Wildman–Crippen LogP) is 2.86. The average Bonchev–Trinajstić information content (AvgIpc) is 2.47. The topological polar surface area (TPSA) is 64.3 Å². The first-order chi connectivity index (χ1) is 9.60. The van der Waals surface area contributed by atoms with Crippen molar-refractivity contribution in [3.8, 4) is 5.75 Å². The zero-order chi connectivity index (χ0) is 14.5. The van der Waals surface area contributed by atoms with Gasteiger partial charge in [0.15, 0.2) is 0 Å². The predicted molar refractivity (Wildman–Crippen MR) is 80.0 cm³/mol. The van der Waals surface area contributed by atoms with Crippen LogP contribution < -0.4 is 15.8 Å². The zero-order valence-electron chi connectivity index (χ0n) is 11.0. The van der Waals surface area contributed by atoms with Crippen molar-refractivity contribution in [2.75, 3.05) is 12.8 Å². The number of nitrogens with two attached hydrogens (primary N) is 1. The van der Waals surface area contributed by atoms with Crippen LogP contribution in [0.2, 0.25) is 5.02 Å². The Hall–Kier alpha value is -2.20. The van der Waals surface area contributed by atoms with E-state index in [4.69, 9.17) is 22.1 Å². The van der Waals surface area contributed by atoms with Crippen molar-refractivity contribution in [1.29, 1.82) is 0 Å². The van der Waals surface area contributed by atoms with Crippen molar-refractivity contribution in [3.05, 3.63) is 58.6 Å². The second-order valence-corrected chi connectivity index (χ2v) is 4.68. The van der Waals surface area contributed by atoms with Gasteiger partial charge in [-0.15, -0.1) is 0 Å². The number of rotatable bonds is 4. The Bertz CT molecular complexity index is 612. The van der Waals surface area contributed by atoms with E-state index in [2.05, 4.69) is 5.32 Å². The smallest absolute Gasteiger partial charge is 0.253 e. The summed E-state index contributed by atoms with van der Waals surface area (Å²) in [6.07, 6.45) is 0. The highest BCUT2D eigenvalue weighted by atomic mass is 35.5. The molecule has 0 saturated carbocycles. The lowest BCUT2D eigenvalue weighted by Crippen LogP contribution is -2.23. The molecule has 2 aromatic rings. The largest absolute Gasteiger partial charge is 0.497 e. The highest BCUT2D eigenvalue weighted by Crippen LogP contribution is 2.19. The van der Waals surface area contributed by atoms with Crippen LogP contribution >= 0.6 is 11.6 Å². The van der Waals surface area contributed by atoms with Crippen LogP contribution in [0.5, 0.6) is 5.75 Å². The minimum absolute atomic E-state index is 0.252. The Kier molecular flexibility index (Phi) is 4.48. The number of anilines is 1. The maximum Gasteiger partial charge on any atom is 0.253 e. The molecule has 0 aliphatic heterocycles. The summed E-state index contributed by atoms with van der Waals surface area (Å²) in [6, 6.07) is 12.3. The molecule has 0 spiro atoms. The van der Waals surface area contributed by atoms with Crippen LogP contribution in [0.4, 0.5) is 5.69 Å². The molecule has 0 fully saturated rings. The summed E-state index contributed by atoms with van der Waals surface area (Å²) in [5, 5.41) is 3.18. The minimum atomic E-state index is -0.252. The van der Waals surface area contributed by atoms with Crippen LogP contribution in [-0.2, 0) is 6.54 Å². The molecule has 2 rings (SSSR count). The molecule has 0 heterocycles. The Balaban J connectivity index is 2.02. The van der Waals surface area contributed by atoms with Crippen molar-refractivity contribution in [3.63, 3.8) is 0 Å². The molecule has 4 nitrogen and oxygen atoms in total. The molecule has 0 aliphatic carbocycles. The number of nitrogens with one attached hydrogen (secondary N) is 1. The molecule has 5 heteroatoms. The van der Waals surface area contributed by atoms with Crippen LogP contribution in [0.3, 0.4) is 0 Å². The monoisotopic (exact) mass is 290 g/mol. The number of carbonyl (C=O) groups is 1. The van der Waals surface area contributed by atoms with Crippen LogP contribution in [-0.4, -0.2) is 13.0 Å². The van der Waals surface area contributed by atoms with Gasteiger partial charge in [-0.25, -0.2) is 0 Å². The third-order valence-corrected chi connectivity index (χ3v) is 3.18. The Morgan fingerprint density at radius 2 is 1.95 bits per heavy atom. The highest BCUT2D eigenvalue weighted by Gasteiger charge is 2.10. The summed E-state index contributed by atoms with van der Waals surface area (Å²) < 4.78 is 5.07. The number of benzene rings is 2. The summed E-state index contributed by atoms with van der Waals surface area (Å²) in [5.74, 6) is 0.525. The zero-order valence-corrected chi connectivity index (χ0v) is 11.8. The first-order valence-corrected chi connectivity index (χ1v) is 6.44. The lowest BCUT2D eigenvalue weighted by Gasteiger charge is -2.08. The molecule has 0 saturated heterocycles. The van der Waals surface area contributed by atoms with E-state index in [1.807, 2.05) is 24.3 Å². The number of halogens is 1. The molecule has 0 aliphatic rings. The van der Waals surface area contributed by atoms with Gasteiger partial charge < -0.3 is 15.8 Å². The van der Waals surface area contributed by atoms with Gasteiger partial charge in [0.05, 0.1) is 17.7 Å². The van der Waals surface area contributed by atoms with Gasteiger partial charge in [0.25, 0.3) is 5.91 Å².